The Labute approximate surface area is 126 Å². The van der Waals surface area contributed by atoms with E-state index in [9.17, 15) is 4.79 Å². The van der Waals surface area contributed by atoms with E-state index in [2.05, 4.69) is 17.2 Å². The highest BCUT2D eigenvalue weighted by molar-refractivity contribution is 5.76. The summed E-state index contributed by atoms with van der Waals surface area (Å²) >= 11 is 0. The number of nitrogens with one attached hydrogen (secondary N) is 1. The summed E-state index contributed by atoms with van der Waals surface area (Å²) in [5.74, 6) is -0.115. The third-order valence-electron chi connectivity index (χ3n) is 3.60. The van der Waals surface area contributed by atoms with Crippen LogP contribution in [0.2, 0.25) is 0 Å². The second kappa shape index (κ2) is 7.52. The molecule has 1 aliphatic heterocycles. The summed E-state index contributed by atoms with van der Waals surface area (Å²) in [6, 6.07) is 5.75. The van der Waals surface area contributed by atoms with E-state index in [1.807, 2.05) is 25.1 Å². The number of amides is 1. The number of carbonyl (C=O) groups is 1. The molecular weight excluding hydrogens is 268 g/mol. The molecule has 1 N–H and O–H groups in total. The molecule has 1 aromatic heterocycles. The van der Waals surface area contributed by atoms with E-state index in [1.54, 1.807) is 6.20 Å². The third-order valence-corrected chi connectivity index (χ3v) is 3.60. The molecule has 0 radical (unpaired) electrons. The minimum Gasteiger partial charge on any atom is -0.356 e. The van der Waals surface area contributed by atoms with E-state index < -0.39 is 5.79 Å². The maximum absolute atomic E-state index is 11.8. The molecule has 1 atom stereocenters. The predicted molar refractivity (Wildman–Crippen MR) is 79.7 cm³/mol. The van der Waals surface area contributed by atoms with Gasteiger partial charge < -0.3 is 14.8 Å². The van der Waals surface area contributed by atoms with E-state index >= 15 is 0 Å². The van der Waals surface area contributed by atoms with Crippen molar-refractivity contribution in [2.45, 2.75) is 38.9 Å². The summed E-state index contributed by atoms with van der Waals surface area (Å²) in [4.78, 5) is 16.0. The molecule has 0 aromatic carbocycles. The van der Waals surface area contributed by atoms with Crippen LogP contribution in [0.3, 0.4) is 0 Å². The number of aromatic nitrogens is 1. The Balaban J connectivity index is 1.64. The van der Waals surface area contributed by atoms with Crippen molar-refractivity contribution in [3.8, 4) is 0 Å². The third kappa shape index (κ3) is 5.44. The average molecular weight is 292 g/mol. The number of nitrogens with zero attached hydrogens (tertiary/aromatic N) is 1. The van der Waals surface area contributed by atoms with Gasteiger partial charge in [0, 0.05) is 31.3 Å². The molecule has 1 fully saturated rings. The fourth-order valence-electron chi connectivity index (χ4n) is 2.54. The van der Waals surface area contributed by atoms with E-state index in [-0.39, 0.29) is 5.91 Å². The van der Waals surface area contributed by atoms with Crippen molar-refractivity contribution in [2.24, 2.45) is 5.92 Å². The fourth-order valence-corrected chi connectivity index (χ4v) is 2.54. The number of ether oxygens (including phenoxy) is 2. The van der Waals surface area contributed by atoms with Crippen LogP contribution in [-0.2, 0) is 20.7 Å². The topological polar surface area (TPSA) is 60.5 Å². The van der Waals surface area contributed by atoms with Gasteiger partial charge in [-0.25, -0.2) is 0 Å². The summed E-state index contributed by atoms with van der Waals surface area (Å²) in [6.07, 6.45) is 3.67. The van der Waals surface area contributed by atoms with Gasteiger partial charge in [-0.15, -0.1) is 0 Å². The van der Waals surface area contributed by atoms with Crippen molar-refractivity contribution in [2.75, 3.05) is 19.8 Å². The molecule has 5 heteroatoms. The van der Waals surface area contributed by atoms with Crippen LogP contribution in [0.1, 0.15) is 32.4 Å². The maximum atomic E-state index is 11.8. The molecule has 1 aromatic rings. The first-order valence-electron chi connectivity index (χ1n) is 7.52. The van der Waals surface area contributed by atoms with E-state index in [1.165, 1.54) is 0 Å². The summed E-state index contributed by atoms with van der Waals surface area (Å²) in [6.45, 7) is 6.00. The van der Waals surface area contributed by atoms with E-state index in [0.717, 1.165) is 12.1 Å². The summed E-state index contributed by atoms with van der Waals surface area (Å²) in [7, 11) is 0. The van der Waals surface area contributed by atoms with Gasteiger partial charge in [-0.3, -0.25) is 9.78 Å². The Morgan fingerprint density at radius 1 is 1.43 bits per heavy atom. The quantitative estimate of drug-likeness (QED) is 0.834. The lowest BCUT2D eigenvalue weighted by Gasteiger charge is -2.26. The first-order chi connectivity index (χ1) is 10.1. The molecule has 0 unspecified atom stereocenters. The molecule has 0 bridgehead atoms. The van der Waals surface area contributed by atoms with Gasteiger partial charge in [-0.1, -0.05) is 13.0 Å². The Kier molecular flexibility index (Phi) is 5.70. The number of rotatable bonds is 7. The van der Waals surface area contributed by atoms with Crippen molar-refractivity contribution in [1.29, 1.82) is 0 Å². The smallest absolute Gasteiger partial charge is 0.220 e. The monoisotopic (exact) mass is 292 g/mol. The molecule has 2 rings (SSSR count). The normalized spacial score (nSPS) is 18.4. The van der Waals surface area contributed by atoms with Crippen LogP contribution in [0.5, 0.6) is 0 Å². The summed E-state index contributed by atoms with van der Waals surface area (Å²) in [5.41, 5.74) is 0.945. The number of carbonyl (C=O) groups excluding carboxylic acids is 1. The van der Waals surface area contributed by atoms with Crippen LogP contribution in [-0.4, -0.2) is 36.4 Å². The van der Waals surface area contributed by atoms with Gasteiger partial charge in [0.05, 0.1) is 13.2 Å². The molecule has 1 amide bonds. The van der Waals surface area contributed by atoms with E-state index in [4.69, 9.17) is 9.47 Å². The van der Waals surface area contributed by atoms with Crippen molar-refractivity contribution < 1.29 is 14.3 Å². The van der Waals surface area contributed by atoms with Crippen LogP contribution in [0.15, 0.2) is 24.4 Å². The molecule has 0 saturated carbocycles. The van der Waals surface area contributed by atoms with Crippen LogP contribution < -0.4 is 5.32 Å². The SMILES string of the molecule is C[C@H](CNC(=O)CCc1ccccn1)CC1(C)OCCO1. The molecular formula is C16H24N2O3. The molecule has 21 heavy (non-hydrogen) atoms. The van der Waals surface area contributed by atoms with Gasteiger partial charge in [-0.05, 0) is 31.4 Å². The van der Waals surface area contributed by atoms with Crippen molar-refractivity contribution >= 4 is 5.91 Å². The van der Waals surface area contributed by atoms with Gasteiger partial charge in [0.2, 0.25) is 5.91 Å². The lowest BCUT2D eigenvalue weighted by molar-refractivity contribution is -0.154. The zero-order valence-corrected chi connectivity index (χ0v) is 12.8. The summed E-state index contributed by atoms with van der Waals surface area (Å²) in [5, 5.41) is 2.97. The Morgan fingerprint density at radius 3 is 2.86 bits per heavy atom. The van der Waals surface area contributed by atoms with Crippen molar-refractivity contribution in [3.63, 3.8) is 0 Å². The van der Waals surface area contributed by atoms with Crippen LogP contribution in [0, 0.1) is 5.92 Å². The molecule has 116 valence electrons. The van der Waals surface area contributed by atoms with E-state index in [0.29, 0.717) is 38.5 Å². The van der Waals surface area contributed by atoms with Crippen LogP contribution in [0.4, 0.5) is 0 Å². The maximum Gasteiger partial charge on any atom is 0.220 e. The van der Waals surface area contributed by atoms with Gasteiger partial charge in [0.15, 0.2) is 5.79 Å². The minimum atomic E-state index is -0.488. The summed E-state index contributed by atoms with van der Waals surface area (Å²) < 4.78 is 11.2. The number of hydrogen-bond acceptors (Lipinski definition) is 4. The second-order valence-electron chi connectivity index (χ2n) is 5.77. The fraction of sp³-hybridized carbons (Fsp3) is 0.625. The molecule has 1 saturated heterocycles. The first-order valence-corrected chi connectivity index (χ1v) is 7.52. The highest BCUT2D eigenvalue weighted by Crippen LogP contribution is 2.26. The average Bonchev–Trinajstić information content (AvgIpc) is 2.90. The molecule has 2 heterocycles. The van der Waals surface area contributed by atoms with Crippen molar-refractivity contribution in [3.05, 3.63) is 30.1 Å². The first kappa shape index (κ1) is 15.9. The second-order valence-corrected chi connectivity index (χ2v) is 5.77. The van der Waals surface area contributed by atoms with Crippen LogP contribution in [0.25, 0.3) is 0 Å². The largest absolute Gasteiger partial charge is 0.356 e. The van der Waals surface area contributed by atoms with Gasteiger partial charge in [0.25, 0.3) is 0 Å². The molecule has 5 nitrogen and oxygen atoms in total. The number of pyridine rings is 1. The number of hydrogen-bond donors (Lipinski definition) is 1. The Hall–Kier alpha value is -1.46. The highest BCUT2D eigenvalue weighted by Gasteiger charge is 2.32. The van der Waals surface area contributed by atoms with Gasteiger partial charge in [0.1, 0.15) is 0 Å². The molecule has 1 aliphatic rings. The minimum absolute atomic E-state index is 0.0610. The van der Waals surface area contributed by atoms with Gasteiger partial charge in [-0.2, -0.15) is 0 Å². The molecule has 0 spiro atoms. The lowest BCUT2D eigenvalue weighted by Crippen LogP contribution is -2.34. The Morgan fingerprint density at radius 2 is 2.19 bits per heavy atom. The standard InChI is InChI=1S/C16H24N2O3/c1-13(11-16(2)20-9-10-21-16)12-18-15(19)7-6-14-5-3-4-8-17-14/h3-5,8,13H,6-7,9-12H2,1-2H3,(H,18,19)/t13-/m0/s1. The lowest BCUT2D eigenvalue weighted by atomic mass is 10.0. The highest BCUT2D eigenvalue weighted by atomic mass is 16.7. The van der Waals surface area contributed by atoms with Crippen LogP contribution >= 0.6 is 0 Å². The van der Waals surface area contributed by atoms with Crippen molar-refractivity contribution in [1.82, 2.24) is 10.3 Å². The van der Waals surface area contributed by atoms with Gasteiger partial charge >= 0.3 is 0 Å². The Bertz CT molecular complexity index is 444. The zero-order valence-electron chi connectivity index (χ0n) is 12.8. The zero-order chi connectivity index (χ0) is 15.1. The molecule has 0 aliphatic carbocycles. The predicted octanol–water partition coefficient (Wildman–Crippen LogP) is 1.92. The number of aryl methyl sites for hydroxylation is 1.